The number of phenolic OH excluding ortho intramolecular Hbond substituents is 1. The summed E-state index contributed by atoms with van der Waals surface area (Å²) in [5.41, 5.74) is 2.33. The van der Waals surface area contributed by atoms with Crippen molar-refractivity contribution in [2.75, 3.05) is 12.4 Å². The van der Waals surface area contributed by atoms with Crippen LogP contribution in [0.25, 0.3) is 6.08 Å². The van der Waals surface area contributed by atoms with E-state index >= 15 is 0 Å². The highest BCUT2D eigenvalue weighted by Crippen LogP contribution is 2.27. The summed E-state index contributed by atoms with van der Waals surface area (Å²) in [7, 11) is 1.45. The van der Waals surface area contributed by atoms with Crippen LogP contribution in [0.2, 0.25) is 0 Å². The van der Waals surface area contributed by atoms with Crippen LogP contribution in [-0.2, 0) is 11.2 Å². The normalized spacial score (nSPS) is 10.9. The lowest BCUT2D eigenvalue weighted by atomic mass is 10.1. The molecule has 0 bridgehead atoms. The van der Waals surface area contributed by atoms with Crippen LogP contribution < -0.4 is 10.1 Å². The van der Waals surface area contributed by atoms with Crippen molar-refractivity contribution in [3.05, 3.63) is 59.2 Å². The lowest BCUT2D eigenvalue weighted by molar-refractivity contribution is -0.112. The van der Waals surface area contributed by atoms with E-state index in [-0.39, 0.29) is 11.3 Å². The quantitative estimate of drug-likeness (QED) is 0.576. The zero-order valence-corrected chi connectivity index (χ0v) is 15.0. The second-order valence-corrected chi connectivity index (χ2v) is 5.86. The summed E-state index contributed by atoms with van der Waals surface area (Å²) in [6.45, 7) is 2.15. The Morgan fingerprint density at radius 2 is 2.00 bits per heavy atom. The molecule has 134 valence electrons. The van der Waals surface area contributed by atoms with E-state index in [1.165, 1.54) is 24.8 Å². The topological polar surface area (TPSA) is 82.4 Å². The Balaban J connectivity index is 2.11. The number of hydrogen-bond acceptors (Lipinski definition) is 4. The second-order valence-electron chi connectivity index (χ2n) is 5.86. The first kappa shape index (κ1) is 19.1. The van der Waals surface area contributed by atoms with Crippen molar-refractivity contribution in [1.82, 2.24) is 0 Å². The maximum atomic E-state index is 12.3. The molecule has 0 unspecified atom stereocenters. The molecule has 0 atom stereocenters. The third-order valence-corrected chi connectivity index (χ3v) is 3.91. The predicted octanol–water partition coefficient (Wildman–Crippen LogP) is 4.29. The maximum absolute atomic E-state index is 12.3. The van der Waals surface area contributed by atoms with Gasteiger partial charge in [-0.1, -0.05) is 31.5 Å². The molecule has 2 aromatic carbocycles. The van der Waals surface area contributed by atoms with Crippen LogP contribution in [0.1, 0.15) is 30.9 Å². The molecule has 1 amide bonds. The van der Waals surface area contributed by atoms with Crippen molar-refractivity contribution in [3.63, 3.8) is 0 Å². The molecule has 2 aromatic rings. The number of phenols is 1. The smallest absolute Gasteiger partial charge is 0.266 e. The highest BCUT2D eigenvalue weighted by Gasteiger charge is 2.10. The number of rotatable bonds is 7. The first-order valence-corrected chi connectivity index (χ1v) is 8.46. The standard InChI is InChI=1S/C21H22N2O3/c1-3-4-5-15-6-9-18(10-7-15)23-21(25)17(14-22)12-16-8-11-20(26-2)19(24)13-16/h6-13,24H,3-5H2,1-2H3,(H,23,25). The van der Waals surface area contributed by atoms with E-state index < -0.39 is 5.91 Å². The number of anilines is 1. The summed E-state index contributed by atoms with van der Waals surface area (Å²) in [6, 6.07) is 14.2. The molecule has 0 aromatic heterocycles. The van der Waals surface area contributed by atoms with E-state index in [0.29, 0.717) is 17.0 Å². The van der Waals surface area contributed by atoms with E-state index in [1.807, 2.05) is 30.3 Å². The summed E-state index contributed by atoms with van der Waals surface area (Å²) in [6.07, 6.45) is 4.69. The fraction of sp³-hybridized carbons (Fsp3) is 0.238. The van der Waals surface area contributed by atoms with Crippen LogP contribution in [0.3, 0.4) is 0 Å². The van der Waals surface area contributed by atoms with Crippen molar-refractivity contribution < 1.29 is 14.6 Å². The summed E-state index contributed by atoms with van der Waals surface area (Å²) in [4.78, 5) is 12.3. The van der Waals surface area contributed by atoms with Gasteiger partial charge in [0.15, 0.2) is 11.5 Å². The highest BCUT2D eigenvalue weighted by molar-refractivity contribution is 6.09. The average Bonchev–Trinajstić information content (AvgIpc) is 2.65. The number of benzene rings is 2. The molecule has 0 fully saturated rings. The number of ether oxygens (including phenoxy) is 1. The van der Waals surface area contributed by atoms with Crippen molar-refractivity contribution in [1.29, 1.82) is 5.26 Å². The SMILES string of the molecule is CCCCc1ccc(NC(=O)C(C#N)=Cc2ccc(OC)c(O)c2)cc1. The Morgan fingerprint density at radius 3 is 2.58 bits per heavy atom. The van der Waals surface area contributed by atoms with Gasteiger partial charge in [0.2, 0.25) is 0 Å². The number of unbranched alkanes of at least 4 members (excludes halogenated alkanes) is 1. The van der Waals surface area contributed by atoms with Crippen LogP contribution in [0.5, 0.6) is 11.5 Å². The summed E-state index contributed by atoms with van der Waals surface area (Å²) in [5, 5.41) is 21.8. The predicted molar refractivity (Wildman–Crippen MR) is 102 cm³/mol. The van der Waals surface area contributed by atoms with Crippen molar-refractivity contribution in [3.8, 4) is 17.6 Å². The Kier molecular flexibility index (Phi) is 6.81. The number of aromatic hydroxyl groups is 1. The van der Waals surface area contributed by atoms with Gasteiger partial charge in [0, 0.05) is 5.69 Å². The molecule has 0 heterocycles. The van der Waals surface area contributed by atoms with E-state index in [4.69, 9.17) is 4.74 Å². The Morgan fingerprint density at radius 1 is 1.27 bits per heavy atom. The molecule has 0 aliphatic heterocycles. The van der Waals surface area contributed by atoms with Gasteiger partial charge in [-0.05, 0) is 54.3 Å². The van der Waals surface area contributed by atoms with Gasteiger partial charge in [-0.2, -0.15) is 5.26 Å². The summed E-state index contributed by atoms with van der Waals surface area (Å²) >= 11 is 0. The van der Waals surface area contributed by atoms with Gasteiger partial charge in [-0.3, -0.25) is 4.79 Å². The minimum Gasteiger partial charge on any atom is -0.504 e. The fourth-order valence-electron chi connectivity index (χ4n) is 2.45. The highest BCUT2D eigenvalue weighted by atomic mass is 16.5. The largest absolute Gasteiger partial charge is 0.504 e. The molecule has 2 rings (SSSR count). The summed E-state index contributed by atoms with van der Waals surface area (Å²) in [5.74, 6) is -0.223. The number of nitrogens with one attached hydrogen (secondary N) is 1. The molecular formula is C21H22N2O3. The molecule has 0 radical (unpaired) electrons. The van der Waals surface area contributed by atoms with Gasteiger partial charge in [0.05, 0.1) is 7.11 Å². The Bertz CT molecular complexity index is 833. The van der Waals surface area contributed by atoms with E-state index in [1.54, 1.807) is 12.1 Å². The van der Waals surface area contributed by atoms with E-state index in [9.17, 15) is 15.2 Å². The number of aryl methyl sites for hydroxylation is 1. The molecule has 0 aliphatic rings. The molecule has 2 N–H and O–H groups in total. The van der Waals surface area contributed by atoms with E-state index in [0.717, 1.165) is 19.3 Å². The lowest BCUT2D eigenvalue weighted by Crippen LogP contribution is -2.13. The van der Waals surface area contributed by atoms with Gasteiger partial charge in [-0.25, -0.2) is 0 Å². The molecular weight excluding hydrogens is 328 g/mol. The van der Waals surface area contributed by atoms with Crippen molar-refractivity contribution >= 4 is 17.7 Å². The van der Waals surface area contributed by atoms with Gasteiger partial charge in [0.1, 0.15) is 11.6 Å². The number of nitrogens with zero attached hydrogens (tertiary/aromatic N) is 1. The molecule has 0 saturated carbocycles. The monoisotopic (exact) mass is 350 g/mol. The van der Waals surface area contributed by atoms with Crippen LogP contribution >= 0.6 is 0 Å². The molecule has 0 spiro atoms. The molecule has 5 heteroatoms. The first-order valence-electron chi connectivity index (χ1n) is 8.46. The Hall–Kier alpha value is -3.26. The molecule has 0 aliphatic carbocycles. The minimum atomic E-state index is -0.496. The van der Waals surface area contributed by atoms with Gasteiger partial charge >= 0.3 is 0 Å². The number of carbonyl (C=O) groups excluding carboxylic acids is 1. The van der Waals surface area contributed by atoms with Crippen molar-refractivity contribution in [2.24, 2.45) is 0 Å². The molecule has 5 nitrogen and oxygen atoms in total. The lowest BCUT2D eigenvalue weighted by Gasteiger charge is -2.07. The number of methoxy groups -OCH3 is 1. The fourth-order valence-corrected chi connectivity index (χ4v) is 2.45. The van der Waals surface area contributed by atoms with Gasteiger partial charge in [-0.15, -0.1) is 0 Å². The Labute approximate surface area is 153 Å². The maximum Gasteiger partial charge on any atom is 0.266 e. The third kappa shape index (κ3) is 5.12. The number of carbonyl (C=O) groups is 1. The number of hydrogen-bond donors (Lipinski definition) is 2. The zero-order chi connectivity index (χ0) is 18.9. The molecule has 26 heavy (non-hydrogen) atoms. The third-order valence-electron chi connectivity index (χ3n) is 3.91. The van der Waals surface area contributed by atoms with Crippen LogP contribution in [-0.4, -0.2) is 18.1 Å². The second kappa shape index (κ2) is 9.28. The van der Waals surface area contributed by atoms with Crippen LogP contribution in [0, 0.1) is 11.3 Å². The van der Waals surface area contributed by atoms with Crippen molar-refractivity contribution in [2.45, 2.75) is 26.2 Å². The van der Waals surface area contributed by atoms with Gasteiger partial charge < -0.3 is 15.2 Å². The number of nitriles is 1. The van der Waals surface area contributed by atoms with Gasteiger partial charge in [0.25, 0.3) is 5.91 Å². The summed E-state index contributed by atoms with van der Waals surface area (Å²) < 4.78 is 4.98. The average molecular weight is 350 g/mol. The van der Waals surface area contributed by atoms with Crippen LogP contribution in [0.15, 0.2) is 48.0 Å². The minimum absolute atomic E-state index is 0.0513. The first-order chi connectivity index (χ1) is 12.6. The zero-order valence-electron chi connectivity index (χ0n) is 15.0. The van der Waals surface area contributed by atoms with E-state index in [2.05, 4.69) is 12.2 Å². The number of amides is 1. The molecule has 0 saturated heterocycles. The van der Waals surface area contributed by atoms with Crippen LogP contribution in [0.4, 0.5) is 5.69 Å².